The number of anilines is 2. The van der Waals surface area contributed by atoms with E-state index in [9.17, 15) is 18.8 Å². The Kier molecular flexibility index (Phi) is 10.3. The summed E-state index contributed by atoms with van der Waals surface area (Å²) in [4.78, 5) is 46.2. The zero-order valence-corrected chi connectivity index (χ0v) is 24.7. The third-order valence-electron chi connectivity index (χ3n) is 7.91. The SMILES string of the molecule is COC1CC(C(=O)NN2CCNC(C)C2C)N(C(C)CNc2ccccc2)C(=O)/C1=C\C(=O)Nc1cc(C)c(F)cn1. The highest BCUT2D eigenvalue weighted by atomic mass is 19.1. The Labute approximate surface area is 245 Å². The number of hydrazine groups is 1. The highest BCUT2D eigenvalue weighted by Crippen LogP contribution is 2.28. The average molecular weight is 582 g/mol. The van der Waals surface area contributed by atoms with Crippen LogP contribution in [-0.2, 0) is 19.1 Å². The first-order valence-corrected chi connectivity index (χ1v) is 14.2. The number of nitrogens with one attached hydrogen (secondary N) is 4. The summed E-state index contributed by atoms with van der Waals surface area (Å²) in [6.07, 6.45) is 1.56. The number of rotatable bonds is 9. The molecular weight excluding hydrogens is 541 g/mol. The molecule has 11 nitrogen and oxygen atoms in total. The second-order valence-corrected chi connectivity index (χ2v) is 10.8. The monoisotopic (exact) mass is 581 g/mol. The first-order chi connectivity index (χ1) is 20.1. The molecule has 0 saturated carbocycles. The topological polar surface area (TPSA) is 128 Å². The van der Waals surface area contributed by atoms with E-state index in [0.717, 1.165) is 18.4 Å². The van der Waals surface area contributed by atoms with Crippen molar-refractivity contribution in [2.24, 2.45) is 0 Å². The van der Waals surface area contributed by atoms with Crippen LogP contribution < -0.4 is 21.4 Å². The Morgan fingerprint density at radius 3 is 2.69 bits per heavy atom. The molecule has 1 aromatic heterocycles. The minimum atomic E-state index is -0.839. The predicted octanol–water partition coefficient (Wildman–Crippen LogP) is 2.22. The third kappa shape index (κ3) is 7.30. The van der Waals surface area contributed by atoms with Crippen molar-refractivity contribution in [1.29, 1.82) is 0 Å². The lowest BCUT2D eigenvalue weighted by molar-refractivity contribution is -0.149. The molecular formula is C30H40FN7O4. The van der Waals surface area contributed by atoms with Gasteiger partial charge in [-0.15, -0.1) is 0 Å². The molecule has 2 aliphatic rings. The highest BCUT2D eigenvalue weighted by Gasteiger charge is 2.44. The van der Waals surface area contributed by atoms with Gasteiger partial charge in [-0.1, -0.05) is 18.2 Å². The lowest BCUT2D eigenvalue weighted by Crippen LogP contribution is -2.66. The van der Waals surface area contributed by atoms with Crippen LogP contribution in [0.3, 0.4) is 0 Å². The zero-order valence-electron chi connectivity index (χ0n) is 24.7. The van der Waals surface area contributed by atoms with Crippen molar-refractivity contribution in [2.45, 2.75) is 64.4 Å². The van der Waals surface area contributed by atoms with Crippen molar-refractivity contribution in [3.05, 3.63) is 65.6 Å². The number of amides is 3. The van der Waals surface area contributed by atoms with Crippen LogP contribution in [0.1, 0.15) is 32.8 Å². The molecule has 42 heavy (non-hydrogen) atoms. The van der Waals surface area contributed by atoms with Gasteiger partial charge in [0.05, 0.1) is 17.9 Å². The summed E-state index contributed by atoms with van der Waals surface area (Å²) in [5, 5.41) is 11.2. The lowest BCUT2D eigenvalue weighted by Gasteiger charge is -2.44. The molecule has 2 aliphatic heterocycles. The van der Waals surface area contributed by atoms with E-state index in [0.29, 0.717) is 18.7 Å². The van der Waals surface area contributed by atoms with E-state index in [-0.39, 0.29) is 35.8 Å². The first kappa shape index (κ1) is 31.1. The van der Waals surface area contributed by atoms with Crippen LogP contribution in [0, 0.1) is 12.7 Å². The average Bonchev–Trinajstić information content (AvgIpc) is 2.97. The number of carbonyl (C=O) groups is 3. The van der Waals surface area contributed by atoms with E-state index >= 15 is 0 Å². The second-order valence-electron chi connectivity index (χ2n) is 10.8. The van der Waals surface area contributed by atoms with Crippen molar-refractivity contribution in [3.8, 4) is 0 Å². The van der Waals surface area contributed by atoms with Crippen LogP contribution >= 0.6 is 0 Å². The molecule has 1 aromatic carbocycles. The van der Waals surface area contributed by atoms with Gasteiger partial charge in [-0.3, -0.25) is 19.8 Å². The van der Waals surface area contributed by atoms with E-state index in [1.54, 1.807) is 6.92 Å². The van der Waals surface area contributed by atoms with Crippen LogP contribution in [0.4, 0.5) is 15.9 Å². The van der Waals surface area contributed by atoms with Gasteiger partial charge in [-0.05, 0) is 51.5 Å². The number of benzene rings is 1. The number of carbonyl (C=O) groups excluding carboxylic acids is 3. The van der Waals surface area contributed by atoms with E-state index in [1.807, 2.05) is 49.2 Å². The number of nitrogens with zero attached hydrogens (tertiary/aromatic N) is 3. The normalized spacial score (nSPS) is 24.8. The summed E-state index contributed by atoms with van der Waals surface area (Å²) in [5.74, 6) is -1.73. The molecule has 3 heterocycles. The van der Waals surface area contributed by atoms with Gasteiger partial charge < -0.3 is 25.6 Å². The number of likely N-dealkylation sites (tertiary alicyclic amines) is 1. The molecule has 4 rings (SSSR count). The largest absolute Gasteiger partial charge is 0.383 e. The predicted molar refractivity (Wildman–Crippen MR) is 158 cm³/mol. The van der Waals surface area contributed by atoms with Crippen molar-refractivity contribution >= 4 is 29.2 Å². The van der Waals surface area contributed by atoms with Crippen molar-refractivity contribution in [3.63, 3.8) is 0 Å². The second kappa shape index (κ2) is 13.9. The summed E-state index contributed by atoms with van der Waals surface area (Å²) in [6.45, 7) is 9.23. The Bertz CT molecular complexity index is 1310. The Hall–Kier alpha value is -3.87. The molecule has 0 radical (unpaired) electrons. The Morgan fingerprint density at radius 2 is 2.00 bits per heavy atom. The Morgan fingerprint density at radius 1 is 1.26 bits per heavy atom. The van der Waals surface area contributed by atoms with Gasteiger partial charge in [-0.25, -0.2) is 14.4 Å². The zero-order chi connectivity index (χ0) is 30.4. The standard InChI is InChI=1S/C30H40FN7O4/c1-18-13-27(34-17-24(18)31)35-28(39)14-23-26(42-5)15-25(29(40)36-37-12-11-32-20(3)21(37)4)38(30(23)41)19(2)16-33-22-9-7-6-8-10-22/h6-10,13-14,17,19-21,25-26,32-33H,11-12,15-16H2,1-5H3,(H,36,40)(H,34,35,39)/b23-14-. The number of methoxy groups -OCH3 is 1. The number of para-hydroxylation sites is 1. The van der Waals surface area contributed by atoms with Gasteiger partial charge in [-0.2, -0.15) is 0 Å². The number of hydrogen-bond donors (Lipinski definition) is 4. The number of piperidine rings is 1. The molecule has 226 valence electrons. The maximum atomic E-state index is 14.1. The first-order valence-electron chi connectivity index (χ1n) is 14.2. The number of pyridine rings is 1. The van der Waals surface area contributed by atoms with Crippen LogP contribution in [0.2, 0.25) is 0 Å². The van der Waals surface area contributed by atoms with Crippen LogP contribution in [0.15, 0.2) is 54.2 Å². The summed E-state index contributed by atoms with van der Waals surface area (Å²) in [5.41, 5.74) is 4.36. The summed E-state index contributed by atoms with van der Waals surface area (Å²) >= 11 is 0. The molecule has 0 bridgehead atoms. The summed E-state index contributed by atoms with van der Waals surface area (Å²) in [7, 11) is 1.44. The number of hydrogen-bond acceptors (Lipinski definition) is 8. The molecule has 2 aromatic rings. The molecule has 3 amide bonds. The molecule has 5 atom stereocenters. The molecule has 12 heteroatoms. The van der Waals surface area contributed by atoms with Gasteiger partial charge in [0.1, 0.15) is 17.7 Å². The van der Waals surface area contributed by atoms with E-state index in [1.165, 1.54) is 24.2 Å². The molecule has 2 fully saturated rings. The minimum absolute atomic E-state index is 0.0497. The highest BCUT2D eigenvalue weighted by molar-refractivity contribution is 6.08. The number of ether oxygens (including phenoxy) is 1. The van der Waals surface area contributed by atoms with Crippen molar-refractivity contribution in [1.82, 2.24) is 25.6 Å². The van der Waals surface area contributed by atoms with Gasteiger partial charge in [0.15, 0.2) is 0 Å². The molecule has 2 saturated heterocycles. The maximum absolute atomic E-state index is 14.1. The van der Waals surface area contributed by atoms with Gasteiger partial charge in [0.25, 0.3) is 11.8 Å². The summed E-state index contributed by atoms with van der Waals surface area (Å²) < 4.78 is 19.3. The number of piperazine rings is 1. The van der Waals surface area contributed by atoms with E-state index < -0.39 is 35.8 Å². The quantitative estimate of drug-likeness (QED) is 0.332. The fourth-order valence-electron chi connectivity index (χ4n) is 5.25. The van der Waals surface area contributed by atoms with Gasteiger partial charge >= 0.3 is 0 Å². The van der Waals surface area contributed by atoms with Crippen LogP contribution in [-0.4, -0.2) is 89.6 Å². The van der Waals surface area contributed by atoms with Crippen LogP contribution in [0.25, 0.3) is 0 Å². The number of aromatic nitrogens is 1. The van der Waals surface area contributed by atoms with Crippen LogP contribution in [0.5, 0.6) is 0 Å². The minimum Gasteiger partial charge on any atom is -0.383 e. The Balaban J connectivity index is 1.59. The molecule has 0 aliphatic carbocycles. The van der Waals surface area contributed by atoms with Crippen molar-refractivity contribution in [2.75, 3.05) is 37.4 Å². The number of halogens is 1. The smallest absolute Gasteiger partial charge is 0.257 e. The molecule has 4 N–H and O–H groups in total. The van der Waals surface area contributed by atoms with Gasteiger partial charge in [0.2, 0.25) is 5.91 Å². The fourth-order valence-corrected chi connectivity index (χ4v) is 5.25. The van der Waals surface area contributed by atoms with E-state index in [2.05, 4.69) is 33.3 Å². The number of aryl methyl sites for hydroxylation is 1. The van der Waals surface area contributed by atoms with E-state index in [4.69, 9.17) is 4.74 Å². The maximum Gasteiger partial charge on any atom is 0.257 e. The lowest BCUT2D eigenvalue weighted by atomic mass is 9.91. The van der Waals surface area contributed by atoms with Crippen molar-refractivity contribution < 1.29 is 23.5 Å². The fraction of sp³-hybridized carbons (Fsp3) is 0.467. The molecule has 0 spiro atoms. The van der Waals surface area contributed by atoms with Gasteiger partial charge in [0, 0.05) is 63.1 Å². The third-order valence-corrected chi connectivity index (χ3v) is 7.91. The summed E-state index contributed by atoms with van der Waals surface area (Å²) in [6, 6.07) is 9.95. The molecule has 5 unspecified atom stereocenters.